The van der Waals surface area contributed by atoms with E-state index in [4.69, 9.17) is 14.6 Å². The van der Waals surface area contributed by atoms with Crippen molar-refractivity contribution < 1.29 is 46.1 Å². The molecule has 0 unspecified atom stereocenters. The molecular weight excluding hydrogens is 415 g/mol. The van der Waals surface area contributed by atoms with Gasteiger partial charge in [-0.05, 0) is 48.0 Å². The van der Waals surface area contributed by atoms with Gasteiger partial charge in [0.1, 0.15) is 24.7 Å². The number of benzene rings is 2. The third-order valence-electron chi connectivity index (χ3n) is 3.50. The first-order chi connectivity index (χ1) is 14.0. The zero-order valence-corrected chi connectivity index (χ0v) is 15.4. The molecule has 0 saturated heterocycles. The first-order valence-corrected chi connectivity index (χ1v) is 8.51. The average Bonchev–Trinajstić information content (AvgIpc) is 2.66. The molecule has 0 fully saturated rings. The van der Waals surface area contributed by atoms with Gasteiger partial charge in [0.05, 0.1) is 12.2 Å². The SMILES string of the molecule is O=C(O)C=Cc1ccc(C(F)(F)Oc2ccc(OCCOCC(F)(F)F)cc2)cc1. The van der Waals surface area contributed by atoms with E-state index < -0.39 is 30.4 Å². The Morgan fingerprint density at radius 2 is 1.50 bits per heavy atom. The number of hydrogen-bond donors (Lipinski definition) is 1. The van der Waals surface area contributed by atoms with Crippen molar-refractivity contribution in [1.29, 1.82) is 0 Å². The van der Waals surface area contributed by atoms with Crippen LogP contribution in [0.5, 0.6) is 11.5 Å². The van der Waals surface area contributed by atoms with Crippen LogP contribution in [0, 0.1) is 0 Å². The van der Waals surface area contributed by atoms with Crippen molar-refractivity contribution in [3.05, 3.63) is 65.7 Å². The second-order valence-corrected chi connectivity index (χ2v) is 5.90. The molecule has 0 heterocycles. The average molecular weight is 432 g/mol. The standard InChI is InChI=1S/C20H17F5O5/c21-19(22,23)13-28-11-12-29-16-6-8-17(9-7-16)30-20(24,25)15-4-1-14(2-5-15)3-10-18(26)27/h1-10H,11-13H2,(H,26,27). The highest BCUT2D eigenvalue weighted by molar-refractivity contribution is 5.85. The molecule has 0 amide bonds. The molecule has 0 saturated carbocycles. The lowest BCUT2D eigenvalue weighted by Gasteiger charge is -2.18. The number of halogens is 5. The smallest absolute Gasteiger partial charge is 0.426 e. The molecule has 0 aliphatic heterocycles. The minimum absolute atomic E-state index is 0.144. The third-order valence-corrected chi connectivity index (χ3v) is 3.50. The van der Waals surface area contributed by atoms with E-state index in [1.807, 2.05) is 0 Å². The maximum atomic E-state index is 14.3. The fraction of sp³-hybridized carbons (Fsp3) is 0.250. The van der Waals surface area contributed by atoms with Crippen LogP contribution >= 0.6 is 0 Å². The fourth-order valence-corrected chi connectivity index (χ4v) is 2.17. The highest BCUT2D eigenvalue weighted by Crippen LogP contribution is 2.32. The van der Waals surface area contributed by atoms with Crippen LogP contribution in [0.1, 0.15) is 11.1 Å². The largest absolute Gasteiger partial charge is 0.491 e. The van der Waals surface area contributed by atoms with E-state index in [2.05, 4.69) is 4.74 Å². The highest BCUT2D eigenvalue weighted by Gasteiger charge is 2.34. The van der Waals surface area contributed by atoms with Crippen molar-refractivity contribution in [3.8, 4) is 11.5 Å². The Morgan fingerprint density at radius 1 is 0.900 bits per heavy atom. The number of ether oxygens (including phenoxy) is 3. The number of carboxylic acid groups (broad SMARTS) is 1. The van der Waals surface area contributed by atoms with Gasteiger partial charge in [0.2, 0.25) is 0 Å². The van der Waals surface area contributed by atoms with Crippen LogP contribution in [0.2, 0.25) is 0 Å². The second kappa shape index (κ2) is 10.1. The number of carboxylic acids is 1. The summed E-state index contributed by atoms with van der Waals surface area (Å²) in [4.78, 5) is 10.5. The lowest BCUT2D eigenvalue weighted by molar-refractivity contribution is -0.185. The maximum absolute atomic E-state index is 14.3. The van der Waals surface area contributed by atoms with E-state index in [1.165, 1.54) is 42.5 Å². The van der Waals surface area contributed by atoms with Crippen molar-refractivity contribution in [2.75, 3.05) is 19.8 Å². The molecule has 2 aromatic rings. The monoisotopic (exact) mass is 432 g/mol. The third kappa shape index (κ3) is 8.08. The molecule has 10 heteroatoms. The highest BCUT2D eigenvalue weighted by atomic mass is 19.4. The number of hydrogen-bond acceptors (Lipinski definition) is 4. The Hall–Kier alpha value is -3.14. The zero-order valence-electron chi connectivity index (χ0n) is 15.4. The summed E-state index contributed by atoms with van der Waals surface area (Å²) >= 11 is 0. The van der Waals surface area contributed by atoms with Gasteiger partial charge in [0.25, 0.3) is 0 Å². The summed E-state index contributed by atoms with van der Waals surface area (Å²) in [5.41, 5.74) is -0.00483. The summed E-state index contributed by atoms with van der Waals surface area (Å²) in [5, 5.41) is 8.56. The molecule has 0 aromatic heterocycles. The maximum Gasteiger partial charge on any atom is 0.426 e. The van der Waals surface area contributed by atoms with E-state index >= 15 is 0 Å². The van der Waals surface area contributed by atoms with Crippen LogP contribution in [0.15, 0.2) is 54.6 Å². The van der Waals surface area contributed by atoms with Gasteiger partial charge in [0, 0.05) is 6.08 Å². The summed E-state index contributed by atoms with van der Waals surface area (Å²) in [6.07, 6.45) is -5.92. The number of alkyl halides is 5. The van der Waals surface area contributed by atoms with Crippen LogP contribution < -0.4 is 9.47 Å². The van der Waals surface area contributed by atoms with Gasteiger partial charge >= 0.3 is 18.3 Å². The minimum atomic E-state index is -4.42. The van der Waals surface area contributed by atoms with Gasteiger partial charge in [-0.2, -0.15) is 22.0 Å². The number of carbonyl (C=O) groups is 1. The summed E-state index contributed by atoms with van der Waals surface area (Å²) in [5.74, 6) is -1.07. The van der Waals surface area contributed by atoms with Crippen molar-refractivity contribution in [1.82, 2.24) is 0 Å². The summed E-state index contributed by atoms with van der Waals surface area (Å²) in [7, 11) is 0. The topological polar surface area (TPSA) is 65.0 Å². The van der Waals surface area contributed by atoms with Gasteiger partial charge in [-0.3, -0.25) is 0 Å². The molecule has 30 heavy (non-hydrogen) atoms. The van der Waals surface area contributed by atoms with Crippen LogP contribution in [0.3, 0.4) is 0 Å². The molecule has 0 aliphatic carbocycles. The molecule has 5 nitrogen and oxygen atoms in total. The van der Waals surface area contributed by atoms with Crippen molar-refractivity contribution in [2.45, 2.75) is 12.3 Å². The first kappa shape index (κ1) is 23.1. The second-order valence-electron chi connectivity index (χ2n) is 5.90. The van der Waals surface area contributed by atoms with E-state index in [9.17, 15) is 26.7 Å². The lowest BCUT2D eigenvalue weighted by atomic mass is 10.1. The quantitative estimate of drug-likeness (QED) is 0.330. The van der Waals surface area contributed by atoms with Crippen molar-refractivity contribution in [2.24, 2.45) is 0 Å². The van der Waals surface area contributed by atoms with Gasteiger partial charge in [-0.25, -0.2) is 4.79 Å². The first-order valence-electron chi connectivity index (χ1n) is 8.51. The molecule has 0 spiro atoms. The molecule has 2 aromatic carbocycles. The molecule has 2 rings (SSSR count). The van der Waals surface area contributed by atoms with Crippen LogP contribution in [0.4, 0.5) is 22.0 Å². The Bertz CT molecular complexity index is 845. The molecule has 0 bridgehead atoms. The number of rotatable bonds is 10. The van der Waals surface area contributed by atoms with E-state index in [0.717, 1.165) is 18.2 Å². The van der Waals surface area contributed by atoms with Gasteiger partial charge in [0.15, 0.2) is 0 Å². The fourth-order valence-electron chi connectivity index (χ4n) is 2.17. The Morgan fingerprint density at radius 3 is 2.07 bits per heavy atom. The van der Waals surface area contributed by atoms with E-state index in [1.54, 1.807) is 0 Å². The Labute approximate surface area is 168 Å². The van der Waals surface area contributed by atoms with E-state index in [-0.39, 0.29) is 24.7 Å². The van der Waals surface area contributed by atoms with Gasteiger partial charge in [-0.15, -0.1) is 0 Å². The van der Waals surface area contributed by atoms with Crippen molar-refractivity contribution >= 4 is 12.0 Å². The zero-order chi connectivity index (χ0) is 22.2. The minimum Gasteiger partial charge on any atom is -0.491 e. The van der Waals surface area contributed by atoms with Crippen LogP contribution in [0.25, 0.3) is 6.08 Å². The summed E-state index contributed by atoms with van der Waals surface area (Å²) < 4.78 is 78.6. The van der Waals surface area contributed by atoms with Gasteiger partial charge in [-0.1, -0.05) is 12.1 Å². The van der Waals surface area contributed by atoms with Gasteiger partial charge < -0.3 is 19.3 Å². The summed E-state index contributed by atoms with van der Waals surface area (Å²) in [6.45, 7) is -1.81. The molecular formula is C20H17F5O5. The number of aliphatic carboxylic acids is 1. The van der Waals surface area contributed by atoms with Crippen LogP contribution in [-0.4, -0.2) is 37.1 Å². The predicted octanol–water partition coefficient (Wildman–Crippen LogP) is 4.87. The van der Waals surface area contributed by atoms with Crippen LogP contribution in [-0.2, 0) is 15.6 Å². The lowest BCUT2D eigenvalue weighted by Crippen LogP contribution is -2.21. The molecule has 0 aliphatic rings. The molecule has 162 valence electrons. The normalized spacial score (nSPS) is 12.2. The Kier molecular flexibility index (Phi) is 7.76. The predicted molar refractivity (Wildman–Crippen MR) is 96.4 cm³/mol. The Balaban J connectivity index is 1.88. The van der Waals surface area contributed by atoms with Crippen molar-refractivity contribution in [3.63, 3.8) is 0 Å². The van der Waals surface area contributed by atoms with E-state index in [0.29, 0.717) is 5.56 Å². The molecule has 0 radical (unpaired) electrons. The molecule has 1 N–H and O–H groups in total. The molecule has 0 atom stereocenters. The summed E-state index contributed by atoms with van der Waals surface area (Å²) in [6, 6.07) is 9.98.